The van der Waals surface area contributed by atoms with Crippen LogP contribution < -0.4 is 5.32 Å². The fraction of sp³-hybridized carbons (Fsp3) is 0.500. The van der Waals surface area contributed by atoms with Gasteiger partial charge in [0.05, 0.1) is 17.8 Å². The first-order valence-electron chi connectivity index (χ1n) is 9.32. The molecule has 25 heavy (non-hydrogen) atoms. The van der Waals surface area contributed by atoms with Crippen LogP contribution in [0.1, 0.15) is 68.9 Å². The quantitative estimate of drug-likeness (QED) is 0.826. The van der Waals surface area contributed by atoms with Gasteiger partial charge in [-0.25, -0.2) is 0 Å². The lowest BCUT2D eigenvalue weighted by atomic mass is 9.98. The van der Waals surface area contributed by atoms with Crippen LogP contribution in [0.2, 0.25) is 0 Å². The van der Waals surface area contributed by atoms with Gasteiger partial charge in [0.25, 0.3) is 0 Å². The molecule has 2 fully saturated rings. The van der Waals surface area contributed by atoms with Crippen molar-refractivity contribution in [1.82, 2.24) is 19.8 Å². The molecule has 4 nitrogen and oxygen atoms in total. The summed E-state index contributed by atoms with van der Waals surface area (Å²) in [6.07, 6.45) is 11.7. The normalized spacial score (nSPS) is 24.3. The predicted molar refractivity (Wildman–Crippen MR) is 104 cm³/mol. The van der Waals surface area contributed by atoms with Gasteiger partial charge in [0.2, 0.25) is 0 Å². The molecular formula is C20H26N4S. The lowest BCUT2D eigenvalue weighted by molar-refractivity contribution is 0.269. The van der Waals surface area contributed by atoms with Gasteiger partial charge in [0, 0.05) is 30.7 Å². The zero-order valence-electron chi connectivity index (χ0n) is 14.9. The van der Waals surface area contributed by atoms with E-state index in [1.807, 2.05) is 18.3 Å². The number of hydrogen-bond donors (Lipinski definition) is 1. The maximum absolute atomic E-state index is 5.67. The monoisotopic (exact) mass is 354 g/mol. The molecule has 2 atom stereocenters. The Labute approximate surface area is 155 Å². The Bertz CT molecular complexity index is 733. The van der Waals surface area contributed by atoms with Crippen LogP contribution in [0.15, 0.2) is 42.9 Å². The van der Waals surface area contributed by atoms with Crippen LogP contribution in [0.5, 0.6) is 0 Å². The molecule has 0 spiro atoms. The third-order valence-electron chi connectivity index (χ3n) is 5.52. The van der Waals surface area contributed by atoms with Gasteiger partial charge in [0.15, 0.2) is 5.11 Å². The molecule has 5 heteroatoms. The first-order valence-corrected chi connectivity index (χ1v) is 9.73. The van der Waals surface area contributed by atoms with Gasteiger partial charge in [-0.1, -0.05) is 18.9 Å². The smallest absolute Gasteiger partial charge is 0.170 e. The van der Waals surface area contributed by atoms with E-state index in [0.29, 0.717) is 12.1 Å². The Balaban J connectivity index is 1.70. The van der Waals surface area contributed by atoms with E-state index in [-0.39, 0.29) is 12.1 Å². The Morgan fingerprint density at radius 3 is 2.68 bits per heavy atom. The van der Waals surface area contributed by atoms with Crippen molar-refractivity contribution in [2.24, 2.45) is 0 Å². The molecule has 132 valence electrons. The zero-order valence-corrected chi connectivity index (χ0v) is 15.7. The van der Waals surface area contributed by atoms with Gasteiger partial charge in [-0.05, 0) is 62.7 Å². The minimum absolute atomic E-state index is 0.0931. The molecular weight excluding hydrogens is 328 g/mol. The molecule has 1 saturated heterocycles. The minimum Gasteiger partial charge on any atom is -0.352 e. The van der Waals surface area contributed by atoms with Crippen LogP contribution >= 0.6 is 12.2 Å². The number of nitrogens with one attached hydrogen (secondary N) is 1. The number of rotatable bonds is 4. The summed E-state index contributed by atoms with van der Waals surface area (Å²) < 4.78 is 2.41. The molecule has 2 aromatic heterocycles. The summed E-state index contributed by atoms with van der Waals surface area (Å²) in [5, 5.41) is 4.34. The summed E-state index contributed by atoms with van der Waals surface area (Å²) in [6, 6.07) is 9.65. The van der Waals surface area contributed by atoms with Gasteiger partial charge in [-0.3, -0.25) is 4.98 Å². The molecule has 1 aliphatic carbocycles. The van der Waals surface area contributed by atoms with Crippen LogP contribution in [-0.2, 0) is 0 Å². The van der Waals surface area contributed by atoms with Crippen molar-refractivity contribution in [3.8, 4) is 0 Å². The van der Waals surface area contributed by atoms with E-state index < -0.39 is 0 Å². The van der Waals surface area contributed by atoms with E-state index in [1.54, 1.807) is 0 Å². The van der Waals surface area contributed by atoms with E-state index >= 15 is 0 Å². The molecule has 0 radical (unpaired) electrons. The minimum atomic E-state index is 0.0931. The molecule has 1 N–H and O–H groups in total. The molecule has 0 amide bonds. The summed E-state index contributed by atoms with van der Waals surface area (Å²) in [7, 11) is 0. The second-order valence-corrected chi connectivity index (χ2v) is 7.84. The first kappa shape index (κ1) is 16.6. The largest absolute Gasteiger partial charge is 0.352 e. The first-order chi connectivity index (χ1) is 12.1. The van der Waals surface area contributed by atoms with E-state index in [9.17, 15) is 0 Å². The fourth-order valence-corrected chi connectivity index (χ4v) is 4.76. The van der Waals surface area contributed by atoms with Crippen molar-refractivity contribution in [2.75, 3.05) is 0 Å². The lowest BCUT2D eigenvalue weighted by Crippen LogP contribution is -2.35. The number of thiocarbonyl (C=S) groups is 1. The summed E-state index contributed by atoms with van der Waals surface area (Å²) in [5.41, 5.74) is 2.37. The highest BCUT2D eigenvalue weighted by molar-refractivity contribution is 7.80. The third kappa shape index (κ3) is 3.06. The van der Waals surface area contributed by atoms with Crippen molar-refractivity contribution >= 4 is 17.3 Å². The zero-order chi connectivity index (χ0) is 17.4. The van der Waals surface area contributed by atoms with Crippen LogP contribution in [0, 0.1) is 0 Å². The summed E-state index contributed by atoms with van der Waals surface area (Å²) in [5.74, 6) is 0. The number of aromatic nitrogens is 2. The molecule has 0 aromatic carbocycles. The van der Waals surface area contributed by atoms with Crippen LogP contribution in [-0.4, -0.2) is 25.6 Å². The second-order valence-electron chi connectivity index (χ2n) is 7.46. The standard InChI is InChI=1S/C20H26N4S/c1-14(2)24-19(15-10-12-23(13-15)16-7-3-4-8-16)18(22-20(24)25)17-9-5-6-11-21-17/h5-6,9-14,16,18-19H,3-4,7-8H2,1-2H3,(H,22,25). The van der Waals surface area contributed by atoms with E-state index in [0.717, 1.165) is 10.8 Å². The highest BCUT2D eigenvalue weighted by atomic mass is 32.1. The number of hydrogen-bond acceptors (Lipinski definition) is 2. The maximum atomic E-state index is 5.67. The van der Waals surface area contributed by atoms with Crippen molar-refractivity contribution in [2.45, 2.75) is 63.7 Å². The van der Waals surface area contributed by atoms with Gasteiger partial charge < -0.3 is 14.8 Å². The van der Waals surface area contributed by atoms with Crippen molar-refractivity contribution in [1.29, 1.82) is 0 Å². The second kappa shape index (κ2) is 6.79. The van der Waals surface area contributed by atoms with E-state index in [2.05, 4.69) is 58.1 Å². The van der Waals surface area contributed by atoms with E-state index in [1.165, 1.54) is 31.2 Å². The SMILES string of the molecule is CC(C)N1C(=S)NC(c2ccccn2)C1c1ccn(C2CCCC2)c1. The Hall–Kier alpha value is -1.88. The van der Waals surface area contributed by atoms with Gasteiger partial charge >= 0.3 is 0 Å². The Kier molecular flexibility index (Phi) is 4.50. The average Bonchev–Trinajstić information content (AvgIpc) is 3.34. The van der Waals surface area contributed by atoms with Gasteiger partial charge in [-0.15, -0.1) is 0 Å². The van der Waals surface area contributed by atoms with Crippen LogP contribution in [0.3, 0.4) is 0 Å². The summed E-state index contributed by atoms with van der Waals surface area (Å²) in [4.78, 5) is 6.92. The van der Waals surface area contributed by atoms with Crippen molar-refractivity contribution in [3.05, 3.63) is 54.1 Å². The Morgan fingerprint density at radius 1 is 1.20 bits per heavy atom. The molecule has 2 unspecified atom stereocenters. The van der Waals surface area contributed by atoms with Crippen molar-refractivity contribution < 1.29 is 0 Å². The summed E-state index contributed by atoms with van der Waals surface area (Å²) >= 11 is 5.67. The third-order valence-corrected chi connectivity index (χ3v) is 5.85. The highest BCUT2D eigenvalue weighted by Gasteiger charge is 2.41. The number of nitrogens with zero attached hydrogens (tertiary/aromatic N) is 3. The van der Waals surface area contributed by atoms with Crippen LogP contribution in [0.4, 0.5) is 0 Å². The molecule has 2 aliphatic rings. The van der Waals surface area contributed by atoms with Gasteiger partial charge in [-0.2, -0.15) is 0 Å². The lowest BCUT2D eigenvalue weighted by Gasteiger charge is -2.30. The maximum Gasteiger partial charge on any atom is 0.170 e. The fourth-order valence-electron chi connectivity index (χ4n) is 4.31. The van der Waals surface area contributed by atoms with Crippen LogP contribution in [0.25, 0.3) is 0 Å². The molecule has 4 rings (SSSR count). The van der Waals surface area contributed by atoms with Crippen molar-refractivity contribution in [3.63, 3.8) is 0 Å². The van der Waals surface area contributed by atoms with E-state index in [4.69, 9.17) is 12.2 Å². The topological polar surface area (TPSA) is 33.1 Å². The predicted octanol–water partition coefficient (Wildman–Crippen LogP) is 4.38. The Morgan fingerprint density at radius 2 is 2.00 bits per heavy atom. The molecule has 1 saturated carbocycles. The number of pyridine rings is 1. The summed E-state index contributed by atoms with van der Waals surface area (Å²) in [6.45, 7) is 4.41. The molecule has 1 aliphatic heterocycles. The molecule has 0 bridgehead atoms. The van der Waals surface area contributed by atoms with Gasteiger partial charge in [0.1, 0.15) is 0 Å². The highest BCUT2D eigenvalue weighted by Crippen LogP contribution is 2.40. The molecule has 2 aromatic rings. The average molecular weight is 355 g/mol. The molecule has 3 heterocycles.